The number of methoxy groups -OCH3 is 1. The molecule has 0 fully saturated rings. The van der Waals surface area contributed by atoms with Gasteiger partial charge >= 0.3 is 24.4 Å². The van der Waals surface area contributed by atoms with Crippen LogP contribution in [0, 0.1) is 5.92 Å². The standard InChI is InChI=1S/C31H34F6N6O5/c1-5-20-13-22(26-24(7-8-25(42-26)47-4)43(20)29(46)48-6-2)41-28-39-15-23(38-14-16(3)27(44)45)21(40-28)11-17-9-18(30(32,33)34)12-19(10-17)31(35,36)37/h7-10,12,15-16,20,22,38H,5-6,11,13-14H2,1-4H3,(H,44,45)(H,39,40,41)/t16?,20-,22+/m1/s1. The summed E-state index contributed by atoms with van der Waals surface area (Å²) in [6.45, 7) is 4.99. The summed E-state index contributed by atoms with van der Waals surface area (Å²) < 4.78 is 92.2. The molecule has 0 aliphatic carbocycles. The molecule has 1 aromatic carbocycles. The minimum absolute atomic E-state index is 0.00682. The number of ether oxygens (including phenoxy) is 2. The number of amides is 1. The lowest BCUT2D eigenvalue weighted by atomic mass is 9.93. The highest BCUT2D eigenvalue weighted by Gasteiger charge is 2.39. The molecule has 1 aliphatic heterocycles. The van der Waals surface area contributed by atoms with Gasteiger partial charge in [-0.3, -0.25) is 9.69 Å². The van der Waals surface area contributed by atoms with Crippen molar-refractivity contribution in [3.63, 3.8) is 0 Å². The summed E-state index contributed by atoms with van der Waals surface area (Å²) in [5, 5.41) is 15.3. The number of pyridine rings is 1. The Labute approximate surface area is 271 Å². The normalized spacial score (nSPS) is 16.9. The number of carboxylic acid groups (broad SMARTS) is 1. The molecule has 11 nitrogen and oxygen atoms in total. The number of hydrogen-bond acceptors (Lipinski definition) is 9. The Bertz CT molecular complexity index is 1600. The molecule has 0 saturated carbocycles. The van der Waals surface area contributed by atoms with E-state index in [9.17, 15) is 41.0 Å². The Balaban J connectivity index is 1.77. The second-order valence-electron chi connectivity index (χ2n) is 11.1. The zero-order valence-electron chi connectivity index (χ0n) is 26.4. The van der Waals surface area contributed by atoms with Gasteiger partial charge in [-0.05, 0) is 49.6 Å². The molecule has 2 aromatic heterocycles. The molecule has 0 spiro atoms. The number of aromatic nitrogens is 3. The van der Waals surface area contributed by atoms with Crippen molar-refractivity contribution in [1.82, 2.24) is 15.0 Å². The lowest BCUT2D eigenvalue weighted by Crippen LogP contribution is -2.46. The van der Waals surface area contributed by atoms with Gasteiger partial charge in [0.25, 0.3) is 0 Å². The molecule has 3 N–H and O–H groups in total. The van der Waals surface area contributed by atoms with E-state index in [2.05, 4.69) is 25.6 Å². The Morgan fingerprint density at radius 3 is 2.29 bits per heavy atom. The molecule has 0 saturated heterocycles. The molecule has 4 rings (SSSR count). The largest absolute Gasteiger partial charge is 0.481 e. The maximum Gasteiger partial charge on any atom is 0.416 e. The van der Waals surface area contributed by atoms with Crippen LogP contribution in [0.5, 0.6) is 5.88 Å². The van der Waals surface area contributed by atoms with Crippen molar-refractivity contribution in [3.8, 4) is 5.88 Å². The van der Waals surface area contributed by atoms with Crippen LogP contribution in [-0.2, 0) is 28.3 Å². The molecule has 0 radical (unpaired) electrons. The quantitative estimate of drug-likeness (QED) is 0.182. The average molecular weight is 685 g/mol. The van der Waals surface area contributed by atoms with Gasteiger partial charge in [0, 0.05) is 25.1 Å². The Morgan fingerprint density at radius 2 is 1.73 bits per heavy atom. The zero-order chi connectivity index (χ0) is 35.4. The molecule has 260 valence electrons. The summed E-state index contributed by atoms with van der Waals surface area (Å²) in [5.74, 6) is -1.81. The third-order valence-corrected chi connectivity index (χ3v) is 7.69. The number of rotatable bonds is 11. The fourth-order valence-electron chi connectivity index (χ4n) is 5.22. The van der Waals surface area contributed by atoms with E-state index in [0.717, 1.165) is 0 Å². The first-order chi connectivity index (χ1) is 22.5. The van der Waals surface area contributed by atoms with Crippen LogP contribution in [0.3, 0.4) is 0 Å². The van der Waals surface area contributed by atoms with Crippen LogP contribution in [0.4, 0.5) is 48.5 Å². The van der Waals surface area contributed by atoms with Gasteiger partial charge in [0.1, 0.15) is 0 Å². The van der Waals surface area contributed by atoms with E-state index in [-0.39, 0.29) is 54.0 Å². The lowest BCUT2D eigenvalue weighted by molar-refractivity contribution is -0.143. The van der Waals surface area contributed by atoms with Gasteiger partial charge in [0.2, 0.25) is 11.8 Å². The summed E-state index contributed by atoms with van der Waals surface area (Å²) in [6.07, 6.45) is -9.07. The van der Waals surface area contributed by atoms with Gasteiger partial charge in [0.15, 0.2) is 0 Å². The molecule has 3 atom stereocenters. The third kappa shape index (κ3) is 8.36. The molecule has 3 heterocycles. The highest BCUT2D eigenvalue weighted by Crippen LogP contribution is 2.41. The predicted molar refractivity (Wildman–Crippen MR) is 162 cm³/mol. The van der Waals surface area contributed by atoms with Crippen molar-refractivity contribution >= 4 is 29.4 Å². The van der Waals surface area contributed by atoms with Gasteiger partial charge in [-0.2, -0.15) is 26.3 Å². The number of nitrogens with one attached hydrogen (secondary N) is 2. The third-order valence-electron chi connectivity index (χ3n) is 7.69. The van der Waals surface area contributed by atoms with Gasteiger partial charge in [-0.1, -0.05) is 13.8 Å². The van der Waals surface area contributed by atoms with Crippen molar-refractivity contribution in [2.75, 3.05) is 35.8 Å². The number of nitrogens with zero attached hydrogens (tertiary/aromatic N) is 4. The number of halogens is 6. The molecule has 0 bridgehead atoms. The molecular formula is C31H34F6N6O5. The van der Waals surface area contributed by atoms with Crippen molar-refractivity contribution in [2.45, 2.75) is 64.5 Å². The SMILES string of the molecule is CCOC(=O)N1c2ccc(OC)nc2[C@@H](Nc2ncc(NCC(C)C(=O)O)c(Cc3cc(C(F)(F)F)cc(C(F)(F)F)c3)n2)C[C@H]1CC. The molecule has 3 aromatic rings. The monoisotopic (exact) mass is 684 g/mol. The maximum atomic E-state index is 13.6. The summed E-state index contributed by atoms with van der Waals surface area (Å²) >= 11 is 0. The van der Waals surface area contributed by atoms with Crippen LogP contribution in [0.25, 0.3) is 0 Å². The fourth-order valence-corrected chi connectivity index (χ4v) is 5.22. The van der Waals surface area contributed by atoms with E-state index in [4.69, 9.17) is 9.47 Å². The minimum Gasteiger partial charge on any atom is -0.481 e. The van der Waals surface area contributed by atoms with E-state index >= 15 is 0 Å². The summed E-state index contributed by atoms with van der Waals surface area (Å²) in [4.78, 5) is 39.1. The average Bonchev–Trinajstić information content (AvgIpc) is 3.02. The van der Waals surface area contributed by atoms with Gasteiger partial charge < -0.3 is 25.2 Å². The number of anilines is 3. The van der Waals surface area contributed by atoms with Gasteiger partial charge in [-0.15, -0.1) is 0 Å². The number of alkyl halides is 6. The second-order valence-corrected chi connectivity index (χ2v) is 11.1. The van der Waals surface area contributed by atoms with Crippen LogP contribution in [0.2, 0.25) is 0 Å². The van der Waals surface area contributed by atoms with Gasteiger partial charge in [-0.25, -0.2) is 19.7 Å². The van der Waals surface area contributed by atoms with E-state index in [0.29, 0.717) is 36.4 Å². The van der Waals surface area contributed by atoms with Crippen LogP contribution in [0.15, 0.2) is 36.5 Å². The number of hydrogen-bond donors (Lipinski definition) is 3. The molecule has 17 heteroatoms. The number of benzene rings is 1. The first-order valence-corrected chi connectivity index (χ1v) is 14.9. The second kappa shape index (κ2) is 14.5. The van der Waals surface area contributed by atoms with Crippen molar-refractivity contribution < 1.29 is 50.5 Å². The Hall–Kier alpha value is -4.83. The van der Waals surface area contributed by atoms with Crippen LogP contribution < -0.4 is 20.3 Å². The van der Waals surface area contributed by atoms with Crippen LogP contribution in [-0.4, -0.2) is 58.4 Å². The highest BCUT2D eigenvalue weighted by atomic mass is 19.4. The number of carbonyl (C=O) groups is 2. The smallest absolute Gasteiger partial charge is 0.416 e. The molecular weight excluding hydrogens is 650 g/mol. The van der Waals surface area contributed by atoms with E-state index < -0.39 is 53.9 Å². The maximum absolute atomic E-state index is 13.6. The number of carboxylic acids is 1. The summed E-state index contributed by atoms with van der Waals surface area (Å²) in [5.41, 5.74) is -2.34. The lowest BCUT2D eigenvalue weighted by Gasteiger charge is -2.39. The van der Waals surface area contributed by atoms with E-state index in [1.54, 1.807) is 19.1 Å². The first-order valence-electron chi connectivity index (χ1n) is 14.9. The number of aliphatic carboxylic acids is 1. The van der Waals surface area contributed by atoms with Crippen molar-refractivity contribution in [2.24, 2.45) is 5.92 Å². The summed E-state index contributed by atoms with van der Waals surface area (Å²) in [6, 6.07) is 3.52. The summed E-state index contributed by atoms with van der Waals surface area (Å²) in [7, 11) is 1.42. The van der Waals surface area contributed by atoms with E-state index in [1.807, 2.05) is 6.92 Å². The van der Waals surface area contributed by atoms with Crippen LogP contribution >= 0.6 is 0 Å². The topological polar surface area (TPSA) is 139 Å². The molecule has 1 unspecified atom stereocenters. The Kier molecular flexibility index (Phi) is 10.9. The molecule has 1 aliphatic rings. The fraction of sp³-hybridized carbons (Fsp3) is 0.452. The minimum atomic E-state index is -5.05. The molecule has 1 amide bonds. The Morgan fingerprint density at radius 1 is 1.06 bits per heavy atom. The molecule has 48 heavy (non-hydrogen) atoms. The first kappa shape index (κ1) is 36.0. The number of fused-ring (bicyclic) bond motifs is 1. The highest BCUT2D eigenvalue weighted by molar-refractivity contribution is 5.90. The van der Waals surface area contributed by atoms with Crippen LogP contribution in [0.1, 0.15) is 67.7 Å². The van der Waals surface area contributed by atoms with Crippen molar-refractivity contribution in [1.29, 1.82) is 0 Å². The van der Waals surface area contributed by atoms with Crippen molar-refractivity contribution in [3.05, 3.63) is 64.6 Å². The van der Waals surface area contributed by atoms with E-state index in [1.165, 1.54) is 25.1 Å². The predicted octanol–water partition coefficient (Wildman–Crippen LogP) is 6.94. The van der Waals surface area contributed by atoms with Gasteiger partial charge in [0.05, 0.1) is 65.8 Å². The zero-order valence-corrected chi connectivity index (χ0v) is 26.4. The number of carbonyl (C=O) groups excluding carboxylic acids is 1.